The van der Waals surface area contributed by atoms with Crippen molar-refractivity contribution in [2.45, 2.75) is 32.7 Å². The van der Waals surface area contributed by atoms with E-state index in [0.29, 0.717) is 12.4 Å². The molecule has 0 bridgehead atoms. The zero-order valence-electron chi connectivity index (χ0n) is 12.3. The normalized spacial score (nSPS) is 13.9. The minimum Gasteiger partial charge on any atom is -0.493 e. The van der Waals surface area contributed by atoms with Gasteiger partial charge in [-0.1, -0.05) is 13.0 Å². The number of ether oxygens (including phenoxy) is 2. The first-order valence-electron chi connectivity index (χ1n) is 6.68. The van der Waals surface area contributed by atoms with E-state index < -0.39 is 5.54 Å². The van der Waals surface area contributed by atoms with Crippen molar-refractivity contribution < 1.29 is 14.6 Å². The smallest absolute Gasteiger partial charge is 0.161 e. The fourth-order valence-electron chi connectivity index (χ4n) is 1.71. The molecule has 0 aliphatic rings. The lowest BCUT2D eigenvalue weighted by Gasteiger charge is -2.29. The van der Waals surface area contributed by atoms with Gasteiger partial charge >= 0.3 is 0 Å². The van der Waals surface area contributed by atoms with Gasteiger partial charge in [0.1, 0.15) is 6.61 Å². The molecule has 0 fully saturated rings. The molecule has 4 nitrogen and oxygen atoms in total. The molecule has 0 saturated heterocycles. The molecule has 1 unspecified atom stereocenters. The molecule has 0 aliphatic carbocycles. The largest absolute Gasteiger partial charge is 0.493 e. The Bertz CT molecular complexity index is 395. The highest BCUT2D eigenvalue weighted by Gasteiger charge is 2.23. The summed E-state index contributed by atoms with van der Waals surface area (Å²) in [4.78, 5) is 0. The number of aliphatic hydroxyl groups is 1. The zero-order chi connectivity index (χ0) is 14.3. The molecular weight excluding hydrogens is 242 g/mol. The lowest BCUT2D eigenvalue weighted by Crippen LogP contribution is -2.50. The summed E-state index contributed by atoms with van der Waals surface area (Å²) in [6.07, 6.45) is 1.02. The van der Waals surface area contributed by atoms with E-state index in [0.717, 1.165) is 24.3 Å². The van der Waals surface area contributed by atoms with E-state index in [1.165, 1.54) is 0 Å². The van der Waals surface area contributed by atoms with E-state index in [4.69, 9.17) is 9.47 Å². The maximum Gasteiger partial charge on any atom is 0.161 e. The molecule has 0 aromatic heterocycles. The van der Waals surface area contributed by atoms with Gasteiger partial charge in [0.05, 0.1) is 19.3 Å². The van der Waals surface area contributed by atoms with Crippen LogP contribution in [0.1, 0.15) is 25.8 Å². The SMILES string of the molecule is CCCNC(C)(CO)COc1ccc(C)cc1OC. The Balaban J connectivity index is 2.69. The van der Waals surface area contributed by atoms with E-state index >= 15 is 0 Å². The maximum absolute atomic E-state index is 9.49. The van der Waals surface area contributed by atoms with Crippen LogP contribution in [0.15, 0.2) is 18.2 Å². The van der Waals surface area contributed by atoms with Gasteiger partial charge in [0.25, 0.3) is 0 Å². The highest BCUT2D eigenvalue weighted by molar-refractivity contribution is 5.42. The first kappa shape index (κ1) is 15.8. The van der Waals surface area contributed by atoms with Gasteiger partial charge in [-0.3, -0.25) is 0 Å². The van der Waals surface area contributed by atoms with Gasteiger partial charge in [-0.25, -0.2) is 0 Å². The molecule has 0 amide bonds. The van der Waals surface area contributed by atoms with Crippen LogP contribution < -0.4 is 14.8 Å². The quantitative estimate of drug-likeness (QED) is 0.757. The summed E-state index contributed by atoms with van der Waals surface area (Å²) in [5, 5.41) is 12.8. The lowest BCUT2D eigenvalue weighted by molar-refractivity contribution is 0.114. The van der Waals surface area contributed by atoms with Crippen LogP contribution in [0, 0.1) is 6.92 Å². The fourth-order valence-corrected chi connectivity index (χ4v) is 1.71. The fraction of sp³-hybridized carbons (Fsp3) is 0.600. The van der Waals surface area contributed by atoms with Crippen molar-refractivity contribution in [1.82, 2.24) is 5.32 Å². The Morgan fingerprint density at radius 1 is 1.32 bits per heavy atom. The monoisotopic (exact) mass is 267 g/mol. The summed E-state index contributed by atoms with van der Waals surface area (Å²) in [6.45, 7) is 7.32. The molecular formula is C15H25NO3. The van der Waals surface area contributed by atoms with Crippen LogP contribution in [0.3, 0.4) is 0 Å². The molecule has 19 heavy (non-hydrogen) atoms. The number of hydrogen-bond acceptors (Lipinski definition) is 4. The van der Waals surface area contributed by atoms with Gasteiger partial charge in [0.2, 0.25) is 0 Å². The minimum atomic E-state index is -0.439. The molecule has 108 valence electrons. The average molecular weight is 267 g/mol. The summed E-state index contributed by atoms with van der Waals surface area (Å²) >= 11 is 0. The highest BCUT2D eigenvalue weighted by atomic mass is 16.5. The Morgan fingerprint density at radius 2 is 2.05 bits per heavy atom. The third-order valence-electron chi connectivity index (χ3n) is 3.02. The van der Waals surface area contributed by atoms with Crippen LogP contribution in [-0.4, -0.2) is 37.5 Å². The Morgan fingerprint density at radius 3 is 2.63 bits per heavy atom. The average Bonchev–Trinajstić information content (AvgIpc) is 2.43. The second-order valence-electron chi connectivity index (χ2n) is 5.09. The van der Waals surface area contributed by atoms with Gasteiger partial charge in [-0.15, -0.1) is 0 Å². The van der Waals surface area contributed by atoms with Crippen molar-refractivity contribution in [3.63, 3.8) is 0 Å². The molecule has 2 N–H and O–H groups in total. The Labute approximate surface area is 115 Å². The first-order valence-corrected chi connectivity index (χ1v) is 6.68. The van der Waals surface area contributed by atoms with E-state index in [-0.39, 0.29) is 6.61 Å². The zero-order valence-corrected chi connectivity index (χ0v) is 12.3. The third kappa shape index (κ3) is 4.73. The lowest BCUT2D eigenvalue weighted by atomic mass is 10.1. The first-order chi connectivity index (χ1) is 9.04. The number of benzene rings is 1. The van der Waals surface area contributed by atoms with Crippen molar-refractivity contribution in [2.75, 3.05) is 26.9 Å². The summed E-state index contributed by atoms with van der Waals surface area (Å²) in [6, 6.07) is 5.81. The minimum absolute atomic E-state index is 0.0289. The molecule has 1 aromatic rings. The van der Waals surface area contributed by atoms with Gasteiger partial charge < -0.3 is 19.9 Å². The maximum atomic E-state index is 9.49. The van der Waals surface area contributed by atoms with E-state index in [2.05, 4.69) is 12.2 Å². The second kappa shape index (κ2) is 7.36. The van der Waals surface area contributed by atoms with Gasteiger partial charge in [0, 0.05) is 0 Å². The number of rotatable bonds is 8. The van der Waals surface area contributed by atoms with Crippen LogP contribution in [0.25, 0.3) is 0 Å². The number of methoxy groups -OCH3 is 1. The molecule has 0 saturated carbocycles. The molecule has 1 aromatic carbocycles. The summed E-state index contributed by atoms with van der Waals surface area (Å²) in [5.74, 6) is 1.42. The third-order valence-corrected chi connectivity index (χ3v) is 3.02. The second-order valence-corrected chi connectivity index (χ2v) is 5.09. The molecule has 4 heteroatoms. The molecule has 0 radical (unpaired) electrons. The summed E-state index contributed by atoms with van der Waals surface area (Å²) < 4.78 is 11.1. The van der Waals surface area contributed by atoms with Gasteiger partial charge in [0.15, 0.2) is 11.5 Å². The van der Waals surface area contributed by atoms with Crippen molar-refractivity contribution in [1.29, 1.82) is 0 Å². The summed E-state index contributed by atoms with van der Waals surface area (Å²) in [7, 11) is 1.63. The van der Waals surface area contributed by atoms with Crippen molar-refractivity contribution in [2.24, 2.45) is 0 Å². The van der Waals surface area contributed by atoms with E-state index in [1.54, 1.807) is 7.11 Å². The van der Waals surface area contributed by atoms with Crippen LogP contribution in [-0.2, 0) is 0 Å². The number of hydrogen-bond donors (Lipinski definition) is 2. The number of aryl methyl sites for hydroxylation is 1. The van der Waals surface area contributed by atoms with Gasteiger partial charge in [-0.05, 0) is 44.5 Å². The van der Waals surface area contributed by atoms with Gasteiger partial charge in [-0.2, -0.15) is 0 Å². The van der Waals surface area contributed by atoms with Crippen LogP contribution in [0.4, 0.5) is 0 Å². The molecule has 1 atom stereocenters. The summed E-state index contributed by atoms with van der Waals surface area (Å²) in [5.41, 5.74) is 0.685. The molecule has 0 aliphatic heterocycles. The predicted octanol–water partition coefficient (Wildman–Crippen LogP) is 2.13. The van der Waals surface area contributed by atoms with E-state index in [9.17, 15) is 5.11 Å². The van der Waals surface area contributed by atoms with E-state index in [1.807, 2.05) is 32.0 Å². The Hall–Kier alpha value is -1.26. The molecule has 0 spiro atoms. The standard InChI is InChI=1S/C15H25NO3/c1-5-8-16-15(3,10-17)11-19-13-7-6-12(2)9-14(13)18-4/h6-7,9,16-17H,5,8,10-11H2,1-4H3. The van der Waals surface area contributed by atoms with Crippen LogP contribution in [0.5, 0.6) is 11.5 Å². The molecule has 0 heterocycles. The number of aliphatic hydroxyl groups excluding tert-OH is 1. The van der Waals surface area contributed by atoms with Crippen molar-refractivity contribution in [3.8, 4) is 11.5 Å². The Kier molecular flexibility index (Phi) is 6.12. The molecule has 1 rings (SSSR count). The van der Waals surface area contributed by atoms with Crippen LogP contribution in [0.2, 0.25) is 0 Å². The predicted molar refractivity (Wildman–Crippen MR) is 77.0 cm³/mol. The van der Waals surface area contributed by atoms with Crippen LogP contribution >= 0.6 is 0 Å². The van der Waals surface area contributed by atoms with Crippen molar-refractivity contribution >= 4 is 0 Å². The van der Waals surface area contributed by atoms with Crippen molar-refractivity contribution in [3.05, 3.63) is 23.8 Å². The number of nitrogens with one attached hydrogen (secondary N) is 1. The topological polar surface area (TPSA) is 50.7 Å². The highest BCUT2D eigenvalue weighted by Crippen LogP contribution is 2.28.